The molecule has 0 saturated carbocycles. The standard InChI is InChI=1S/C15H22N2O2.ClH/c1-13(12-19-14-7-3-2-4-8-14)16-15(18)11-17-9-5-6-10-17;/h2-4,7-8,13H,5-6,9-12H2,1H3,(H,16,18);1H. The zero-order valence-corrected chi connectivity index (χ0v) is 12.7. The Labute approximate surface area is 126 Å². The number of para-hydroxylation sites is 1. The highest BCUT2D eigenvalue weighted by atomic mass is 35.5. The van der Waals surface area contributed by atoms with Gasteiger partial charge in [0, 0.05) is 0 Å². The van der Waals surface area contributed by atoms with Crippen LogP contribution in [0.5, 0.6) is 5.75 Å². The van der Waals surface area contributed by atoms with Crippen LogP contribution in [-0.2, 0) is 4.79 Å². The molecule has 5 heteroatoms. The number of ether oxygens (including phenoxy) is 1. The molecule has 0 bridgehead atoms. The maximum atomic E-state index is 11.8. The molecule has 1 N–H and O–H groups in total. The summed E-state index contributed by atoms with van der Waals surface area (Å²) in [7, 11) is 0. The Bertz CT molecular complexity index is 394. The Morgan fingerprint density at radius 2 is 1.95 bits per heavy atom. The predicted octanol–water partition coefficient (Wildman–Crippen LogP) is 2.09. The minimum Gasteiger partial charge on any atom is -0.491 e. The molecular formula is C15H23ClN2O2. The fraction of sp³-hybridized carbons (Fsp3) is 0.533. The molecular weight excluding hydrogens is 276 g/mol. The van der Waals surface area contributed by atoms with Crippen LogP contribution in [-0.4, -0.2) is 43.1 Å². The van der Waals surface area contributed by atoms with E-state index in [0.29, 0.717) is 13.2 Å². The summed E-state index contributed by atoms with van der Waals surface area (Å²) < 4.78 is 5.61. The zero-order valence-electron chi connectivity index (χ0n) is 11.9. The Morgan fingerprint density at radius 1 is 1.30 bits per heavy atom. The average Bonchev–Trinajstić information content (AvgIpc) is 2.90. The van der Waals surface area contributed by atoms with Crippen LogP contribution in [0.1, 0.15) is 19.8 Å². The van der Waals surface area contributed by atoms with E-state index in [4.69, 9.17) is 4.74 Å². The molecule has 4 nitrogen and oxygen atoms in total. The van der Waals surface area contributed by atoms with Crippen LogP contribution in [0.15, 0.2) is 30.3 Å². The van der Waals surface area contributed by atoms with E-state index in [2.05, 4.69) is 10.2 Å². The van der Waals surface area contributed by atoms with Crippen LogP contribution in [0.25, 0.3) is 0 Å². The fourth-order valence-corrected chi connectivity index (χ4v) is 2.24. The molecule has 1 aliphatic rings. The topological polar surface area (TPSA) is 41.6 Å². The number of carbonyl (C=O) groups is 1. The average molecular weight is 299 g/mol. The molecule has 1 atom stereocenters. The second kappa shape index (κ2) is 8.82. The SMILES string of the molecule is CC(COc1ccccc1)NC(=O)CN1CCCC1.Cl. The summed E-state index contributed by atoms with van der Waals surface area (Å²) in [6.45, 7) is 5.06. The van der Waals surface area contributed by atoms with Crippen molar-refractivity contribution < 1.29 is 9.53 Å². The highest BCUT2D eigenvalue weighted by Gasteiger charge is 2.16. The summed E-state index contributed by atoms with van der Waals surface area (Å²) >= 11 is 0. The van der Waals surface area contributed by atoms with Gasteiger partial charge in [-0.1, -0.05) is 18.2 Å². The van der Waals surface area contributed by atoms with Gasteiger partial charge in [-0.15, -0.1) is 12.4 Å². The van der Waals surface area contributed by atoms with E-state index in [9.17, 15) is 4.79 Å². The number of halogens is 1. The number of hydrogen-bond donors (Lipinski definition) is 1. The third-order valence-electron chi connectivity index (χ3n) is 3.22. The van der Waals surface area contributed by atoms with Gasteiger partial charge in [0.25, 0.3) is 0 Å². The quantitative estimate of drug-likeness (QED) is 0.874. The predicted molar refractivity (Wildman–Crippen MR) is 82.5 cm³/mol. The third kappa shape index (κ3) is 5.80. The molecule has 0 radical (unpaired) electrons. The molecule has 2 rings (SSSR count). The number of nitrogens with zero attached hydrogens (tertiary/aromatic N) is 1. The molecule has 0 spiro atoms. The second-order valence-electron chi connectivity index (χ2n) is 5.08. The van der Waals surface area contributed by atoms with Crippen molar-refractivity contribution in [2.45, 2.75) is 25.8 Å². The number of amides is 1. The van der Waals surface area contributed by atoms with Crippen molar-refractivity contribution in [2.24, 2.45) is 0 Å². The van der Waals surface area contributed by atoms with E-state index in [1.165, 1.54) is 12.8 Å². The van der Waals surface area contributed by atoms with Gasteiger partial charge >= 0.3 is 0 Å². The van der Waals surface area contributed by atoms with Crippen molar-refractivity contribution in [2.75, 3.05) is 26.2 Å². The molecule has 1 heterocycles. The van der Waals surface area contributed by atoms with Crippen molar-refractivity contribution >= 4 is 18.3 Å². The normalized spacial score (nSPS) is 16.2. The van der Waals surface area contributed by atoms with Gasteiger partial charge in [0.2, 0.25) is 5.91 Å². The highest BCUT2D eigenvalue weighted by molar-refractivity contribution is 5.85. The largest absolute Gasteiger partial charge is 0.491 e. The molecule has 1 amide bonds. The number of rotatable bonds is 6. The number of carbonyl (C=O) groups excluding carboxylic acids is 1. The summed E-state index contributed by atoms with van der Waals surface area (Å²) in [5, 5.41) is 2.97. The van der Waals surface area contributed by atoms with Gasteiger partial charge < -0.3 is 10.1 Å². The molecule has 1 fully saturated rings. The molecule has 20 heavy (non-hydrogen) atoms. The Kier molecular flexibility index (Phi) is 7.41. The summed E-state index contributed by atoms with van der Waals surface area (Å²) in [4.78, 5) is 14.0. The number of benzene rings is 1. The fourth-order valence-electron chi connectivity index (χ4n) is 2.24. The summed E-state index contributed by atoms with van der Waals surface area (Å²) in [5.41, 5.74) is 0. The first-order valence-corrected chi connectivity index (χ1v) is 6.93. The molecule has 112 valence electrons. The van der Waals surface area contributed by atoms with Crippen LogP contribution in [0.4, 0.5) is 0 Å². The van der Waals surface area contributed by atoms with Crippen molar-refractivity contribution in [1.82, 2.24) is 10.2 Å². The maximum absolute atomic E-state index is 11.8. The number of hydrogen-bond acceptors (Lipinski definition) is 3. The molecule has 1 aromatic carbocycles. The van der Waals surface area contributed by atoms with E-state index in [1.807, 2.05) is 37.3 Å². The van der Waals surface area contributed by atoms with E-state index in [0.717, 1.165) is 18.8 Å². The first-order valence-electron chi connectivity index (χ1n) is 6.93. The van der Waals surface area contributed by atoms with Crippen LogP contribution in [0.3, 0.4) is 0 Å². The van der Waals surface area contributed by atoms with Gasteiger partial charge in [-0.25, -0.2) is 0 Å². The maximum Gasteiger partial charge on any atom is 0.234 e. The van der Waals surface area contributed by atoms with E-state index in [-0.39, 0.29) is 24.4 Å². The molecule has 1 aromatic rings. The Morgan fingerprint density at radius 3 is 2.60 bits per heavy atom. The van der Waals surface area contributed by atoms with Gasteiger partial charge in [-0.3, -0.25) is 9.69 Å². The van der Waals surface area contributed by atoms with Crippen molar-refractivity contribution in [3.63, 3.8) is 0 Å². The lowest BCUT2D eigenvalue weighted by atomic mass is 10.3. The monoisotopic (exact) mass is 298 g/mol. The molecule has 1 saturated heterocycles. The Hall–Kier alpha value is -1.26. The highest BCUT2D eigenvalue weighted by Crippen LogP contribution is 2.08. The number of nitrogens with one attached hydrogen (secondary N) is 1. The summed E-state index contributed by atoms with van der Waals surface area (Å²) in [5.74, 6) is 0.925. The molecule has 0 aliphatic carbocycles. The lowest BCUT2D eigenvalue weighted by Gasteiger charge is -2.18. The molecule has 0 aromatic heterocycles. The summed E-state index contributed by atoms with van der Waals surface area (Å²) in [6.07, 6.45) is 2.42. The van der Waals surface area contributed by atoms with Gasteiger partial charge in [0.05, 0.1) is 12.6 Å². The van der Waals surface area contributed by atoms with Gasteiger partial charge in [0.1, 0.15) is 12.4 Å². The van der Waals surface area contributed by atoms with Crippen LogP contribution >= 0.6 is 12.4 Å². The third-order valence-corrected chi connectivity index (χ3v) is 3.22. The Balaban J connectivity index is 0.00000200. The zero-order chi connectivity index (χ0) is 13.5. The lowest BCUT2D eigenvalue weighted by molar-refractivity contribution is -0.122. The van der Waals surface area contributed by atoms with Crippen LogP contribution in [0, 0.1) is 0 Å². The molecule has 1 unspecified atom stereocenters. The lowest BCUT2D eigenvalue weighted by Crippen LogP contribution is -2.42. The van der Waals surface area contributed by atoms with E-state index < -0.39 is 0 Å². The van der Waals surface area contributed by atoms with Crippen molar-refractivity contribution in [3.8, 4) is 5.75 Å². The van der Waals surface area contributed by atoms with E-state index in [1.54, 1.807) is 0 Å². The first-order chi connectivity index (χ1) is 9.24. The van der Waals surface area contributed by atoms with Crippen molar-refractivity contribution in [3.05, 3.63) is 30.3 Å². The van der Waals surface area contributed by atoms with Crippen LogP contribution < -0.4 is 10.1 Å². The van der Waals surface area contributed by atoms with Gasteiger partial charge in [-0.05, 0) is 45.0 Å². The van der Waals surface area contributed by atoms with Crippen molar-refractivity contribution in [1.29, 1.82) is 0 Å². The minimum atomic E-state index is 0. The van der Waals surface area contributed by atoms with E-state index >= 15 is 0 Å². The van der Waals surface area contributed by atoms with Gasteiger partial charge in [0.15, 0.2) is 0 Å². The number of likely N-dealkylation sites (tertiary alicyclic amines) is 1. The summed E-state index contributed by atoms with van der Waals surface area (Å²) in [6, 6.07) is 9.68. The van der Waals surface area contributed by atoms with Gasteiger partial charge in [-0.2, -0.15) is 0 Å². The minimum absolute atomic E-state index is 0. The first kappa shape index (κ1) is 16.8. The van der Waals surface area contributed by atoms with Crippen LogP contribution in [0.2, 0.25) is 0 Å². The second-order valence-corrected chi connectivity index (χ2v) is 5.08. The smallest absolute Gasteiger partial charge is 0.234 e. The molecule has 1 aliphatic heterocycles.